The number of amides is 1. The molecule has 0 aromatic heterocycles. The van der Waals surface area contributed by atoms with Gasteiger partial charge in [-0.25, -0.2) is 4.79 Å². The number of ether oxygens (including phenoxy) is 1. The Hall–Kier alpha value is -2.33. The topological polar surface area (TPSA) is 41.6 Å². The van der Waals surface area contributed by atoms with Gasteiger partial charge in [0.25, 0.3) is 0 Å². The van der Waals surface area contributed by atoms with Crippen molar-refractivity contribution in [2.45, 2.75) is 45.6 Å². The summed E-state index contributed by atoms with van der Waals surface area (Å²) in [6.45, 7) is 7.16. The molecular formula is C23H28N2O2. The highest BCUT2D eigenvalue weighted by molar-refractivity contribution is 5.83. The molecule has 0 saturated heterocycles. The fraction of sp³-hybridized carbons (Fsp3) is 0.435. The second kappa shape index (κ2) is 7.73. The standard InChI is InChI=1S/C23H28N2O2/c1-3-12-24-23(26)27-20-10-6-8-17-15-19-21-16(11-14-25(19)13-4-2)7-5-9-18(21)22(17)20/h5-10,19H,3-4,11-15H2,1-2H3,(H,24,26)/t19-/m1/s1. The van der Waals surface area contributed by atoms with E-state index in [1.54, 1.807) is 0 Å². The lowest BCUT2D eigenvalue weighted by atomic mass is 9.77. The Morgan fingerprint density at radius 2 is 1.96 bits per heavy atom. The summed E-state index contributed by atoms with van der Waals surface area (Å²) < 4.78 is 5.71. The maximum Gasteiger partial charge on any atom is 0.412 e. The smallest absolute Gasteiger partial charge is 0.410 e. The number of nitrogens with zero attached hydrogens (tertiary/aromatic N) is 1. The normalized spacial score (nSPS) is 17.8. The first-order chi connectivity index (χ1) is 13.2. The van der Waals surface area contributed by atoms with Gasteiger partial charge in [0.05, 0.1) is 0 Å². The molecule has 1 N–H and O–H groups in total. The average molecular weight is 364 g/mol. The summed E-state index contributed by atoms with van der Waals surface area (Å²) in [5.74, 6) is 0.667. The van der Waals surface area contributed by atoms with Gasteiger partial charge < -0.3 is 10.1 Å². The van der Waals surface area contributed by atoms with Crippen molar-refractivity contribution in [1.29, 1.82) is 0 Å². The van der Waals surface area contributed by atoms with Crippen molar-refractivity contribution in [3.05, 3.63) is 53.1 Å². The largest absolute Gasteiger partial charge is 0.412 e. The third kappa shape index (κ3) is 3.34. The van der Waals surface area contributed by atoms with E-state index in [1.807, 2.05) is 19.1 Å². The summed E-state index contributed by atoms with van der Waals surface area (Å²) in [5, 5.41) is 2.81. The van der Waals surface area contributed by atoms with Gasteiger partial charge in [0.1, 0.15) is 5.75 Å². The number of rotatable bonds is 5. The highest BCUT2D eigenvalue weighted by Crippen LogP contribution is 2.48. The SMILES string of the molecule is CCCNC(=O)Oc1cccc2c1-c1cccc3c1[C@@H](C2)N(CCC)CC3. The average Bonchev–Trinajstić information content (AvgIpc) is 2.68. The Morgan fingerprint density at radius 3 is 2.78 bits per heavy atom. The monoisotopic (exact) mass is 364 g/mol. The van der Waals surface area contributed by atoms with Crippen molar-refractivity contribution >= 4 is 6.09 Å². The lowest BCUT2D eigenvalue weighted by Gasteiger charge is -2.41. The molecular weight excluding hydrogens is 336 g/mol. The van der Waals surface area contributed by atoms with Crippen LogP contribution in [0.2, 0.25) is 0 Å². The molecule has 0 spiro atoms. The van der Waals surface area contributed by atoms with Crippen LogP contribution in [0.1, 0.15) is 49.4 Å². The number of nitrogens with one attached hydrogen (secondary N) is 1. The summed E-state index contributed by atoms with van der Waals surface area (Å²) in [6.07, 6.45) is 3.76. The molecule has 4 heteroatoms. The lowest BCUT2D eigenvalue weighted by molar-refractivity contribution is 0.182. The van der Waals surface area contributed by atoms with Crippen molar-refractivity contribution in [2.75, 3.05) is 19.6 Å². The first kappa shape index (κ1) is 18.1. The summed E-state index contributed by atoms with van der Waals surface area (Å²) in [5.41, 5.74) is 6.48. The first-order valence-corrected chi connectivity index (χ1v) is 10.2. The zero-order chi connectivity index (χ0) is 18.8. The van der Waals surface area contributed by atoms with E-state index in [1.165, 1.54) is 28.7 Å². The van der Waals surface area contributed by atoms with E-state index in [0.29, 0.717) is 18.3 Å². The van der Waals surface area contributed by atoms with Gasteiger partial charge in [0.15, 0.2) is 0 Å². The second-order valence-electron chi connectivity index (χ2n) is 7.49. The molecule has 1 amide bonds. The van der Waals surface area contributed by atoms with Crippen LogP contribution in [0.4, 0.5) is 4.79 Å². The van der Waals surface area contributed by atoms with E-state index in [2.05, 4.69) is 41.4 Å². The number of hydrogen-bond acceptors (Lipinski definition) is 3. The Morgan fingerprint density at radius 1 is 1.15 bits per heavy atom. The van der Waals surface area contributed by atoms with Crippen LogP contribution in [-0.4, -0.2) is 30.6 Å². The van der Waals surface area contributed by atoms with Crippen molar-refractivity contribution in [2.24, 2.45) is 0 Å². The first-order valence-electron chi connectivity index (χ1n) is 10.2. The van der Waals surface area contributed by atoms with E-state index < -0.39 is 0 Å². The Balaban J connectivity index is 1.76. The molecule has 1 heterocycles. The van der Waals surface area contributed by atoms with Crippen molar-refractivity contribution < 1.29 is 9.53 Å². The number of fused-ring (bicyclic) bond motifs is 2. The summed E-state index contributed by atoms with van der Waals surface area (Å²) in [7, 11) is 0. The number of benzene rings is 2. The number of carbonyl (C=O) groups excluding carboxylic acids is 1. The van der Waals surface area contributed by atoms with Crippen LogP contribution < -0.4 is 10.1 Å². The van der Waals surface area contributed by atoms with E-state index in [0.717, 1.165) is 37.9 Å². The lowest BCUT2D eigenvalue weighted by Crippen LogP contribution is -2.39. The third-order valence-electron chi connectivity index (χ3n) is 5.67. The quantitative estimate of drug-likeness (QED) is 0.835. The summed E-state index contributed by atoms with van der Waals surface area (Å²) in [4.78, 5) is 14.8. The molecule has 2 aliphatic rings. The molecule has 2 aromatic rings. The molecule has 0 fully saturated rings. The summed E-state index contributed by atoms with van der Waals surface area (Å²) >= 11 is 0. The molecule has 1 aliphatic heterocycles. The maximum atomic E-state index is 12.2. The van der Waals surface area contributed by atoms with Gasteiger partial charge in [-0.1, -0.05) is 44.2 Å². The van der Waals surface area contributed by atoms with E-state index >= 15 is 0 Å². The summed E-state index contributed by atoms with van der Waals surface area (Å²) in [6, 6.07) is 13.1. The minimum Gasteiger partial charge on any atom is -0.410 e. The van der Waals surface area contributed by atoms with E-state index in [-0.39, 0.29) is 6.09 Å². The van der Waals surface area contributed by atoms with Crippen LogP contribution in [0.15, 0.2) is 36.4 Å². The van der Waals surface area contributed by atoms with Crippen molar-refractivity contribution in [1.82, 2.24) is 10.2 Å². The van der Waals surface area contributed by atoms with Gasteiger partial charge >= 0.3 is 6.09 Å². The van der Waals surface area contributed by atoms with Gasteiger partial charge in [-0.15, -0.1) is 0 Å². The highest BCUT2D eigenvalue weighted by Gasteiger charge is 2.35. The minimum absolute atomic E-state index is 0.371. The second-order valence-corrected chi connectivity index (χ2v) is 7.49. The Labute approximate surface area is 161 Å². The Kier molecular flexibility index (Phi) is 5.17. The highest BCUT2D eigenvalue weighted by atomic mass is 16.6. The number of carbonyl (C=O) groups is 1. The molecule has 0 bridgehead atoms. The van der Waals surface area contributed by atoms with Crippen molar-refractivity contribution in [3.63, 3.8) is 0 Å². The number of hydrogen-bond donors (Lipinski definition) is 1. The zero-order valence-corrected chi connectivity index (χ0v) is 16.3. The fourth-order valence-electron chi connectivity index (χ4n) is 4.54. The molecule has 0 radical (unpaired) electrons. The van der Waals surface area contributed by atoms with Crippen LogP contribution in [-0.2, 0) is 12.8 Å². The van der Waals surface area contributed by atoms with Gasteiger partial charge in [0.2, 0.25) is 0 Å². The van der Waals surface area contributed by atoms with Crippen LogP contribution in [0, 0.1) is 0 Å². The molecule has 1 aliphatic carbocycles. The molecule has 142 valence electrons. The van der Waals surface area contributed by atoms with Gasteiger partial charge in [0, 0.05) is 24.7 Å². The predicted molar refractivity (Wildman–Crippen MR) is 108 cm³/mol. The van der Waals surface area contributed by atoms with E-state index in [4.69, 9.17) is 4.74 Å². The molecule has 0 unspecified atom stereocenters. The van der Waals surface area contributed by atoms with Gasteiger partial charge in [-0.2, -0.15) is 0 Å². The third-order valence-corrected chi connectivity index (χ3v) is 5.67. The molecule has 0 saturated carbocycles. The molecule has 4 rings (SSSR count). The van der Waals surface area contributed by atoms with Crippen LogP contribution in [0.5, 0.6) is 5.75 Å². The van der Waals surface area contributed by atoms with Crippen molar-refractivity contribution in [3.8, 4) is 16.9 Å². The zero-order valence-electron chi connectivity index (χ0n) is 16.3. The minimum atomic E-state index is -0.371. The Bertz CT molecular complexity index is 846. The van der Waals surface area contributed by atoms with Crippen LogP contribution >= 0.6 is 0 Å². The predicted octanol–water partition coefficient (Wildman–Crippen LogP) is 4.72. The molecule has 2 aromatic carbocycles. The van der Waals surface area contributed by atoms with Crippen LogP contribution in [0.3, 0.4) is 0 Å². The van der Waals surface area contributed by atoms with E-state index in [9.17, 15) is 4.79 Å². The van der Waals surface area contributed by atoms with Gasteiger partial charge in [-0.3, -0.25) is 4.90 Å². The molecule has 4 nitrogen and oxygen atoms in total. The van der Waals surface area contributed by atoms with Crippen LogP contribution in [0.25, 0.3) is 11.1 Å². The molecule has 27 heavy (non-hydrogen) atoms. The maximum absolute atomic E-state index is 12.2. The van der Waals surface area contributed by atoms with Gasteiger partial charge in [-0.05, 0) is 60.5 Å². The fourth-order valence-corrected chi connectivity index (χ4v) is 4.54. The molecule has 1 atom stereocenters.